The number of nitrogens with zero attached hydrogens (tertiary/aromatic N) is 2. The highest BCUT2D eigenvalue weighted by Gasteiger charge is 2.09. The largest absolute Gasteiger partial charge is 0.228 e. The Morgan fingerprint density at radius 1 is 0.826 bits per heavy atom. The normalized spacial score (nSPS) is 11.3. The summed E-state index contributed by atoms with van der Waals surface area (Å²) in [6, 6.07) is 22.3. The molecule has 0 atom stereocenters. The molecule has 3 rings (SSSR count). The molecule has 112 valence electrons. The van der Waals surface area contributed by atoms with E-state index < -0.39 is 0 Å². The number of hydrogen-bond donors (Lipinski definition) is 0. The van der Waals surface area contributed by atoms with Gasteiger partial charge in [-0.15, -0.1) is 0 Å². The zero-order valence-electron chi connectivity index (χ0n) is 13.1. The monoisotopic (exact) mass is 298 g/mol. The zero-order valence-corrected chi connectivity index (χ0v) is 13.1. The molecule has 2 nitrogen and oxygen atoms in total. The van der Waals surface area contributed by atoms with E-state index in [1.54, 1.807) is 6.08 Å². The Morgan fingerprint density at radius 2 is 1.30 bits per heavy atom. The second-order valence-corrected chi connectivity index (χ2v) is 5.14. The van der Waals surface area contributed by atoms with Crippen LogP contribution in [0.5, 0.6) is 0 Å². The Morgan fingerprint density at radius 3 is 1.70 bits per heavy atom. The Kier molecular flexibility index (Phi) is 4.44. The second kappa shape index (κ2) is 6.84. The summed E-state index contributed by atoms with van der Waals surface area (Å²) in [5, 5.41) is 0. The van der Waals surface area contributed by atoms with Gasteiger partial charge in [-0.25, -0.2) is 9.97 Å². The number of benzene rings is 2. The minimum Gasteiger partial charge on any atom is -0.228 e. The highest BCUT2D eigenvalue weighted by atomic mass is 14.9. The van der Waals surface area contributed by atoms with Crippen LogP contribution in [0.3, 0.4) is 0 Å². The fourth-order valence-corrected chi connectivity index (χ4v) is 2.43. The van der Waals surface area contributed by atoms with Gasteiger partial charge in [-0.2, -0.15) is 0 Å². The van der Waals surface area contributed by atoms with Crippen LogP contribution in [-0.4, -0.2) is 9.97 Å². The molecule has 0 N–H and O–H groups in total. The average Bonchev–Trinajstić information content (AvgIpc) is 2.64. The molecule has 2 heteroatoms. The van der Waals surface area contributed by atoms with Gasteiger partial charge in [0.15, 0.2) is 5.82 Å². The molecule has 0 saturated carbocycles. The van der Waals surface area contributed by atoms with Crippen molar-refractivity contribution in [2.75, 3.05) is 0 Å². The summed E-state index contributed by atoms with van der Waals surface area (Å²) in [7, 11) is 0. The van der Waals surface area contributed by atoms with E-state index in [2.05, 4.69) is 30.8 Å². The van der Waals surface area contributed by atoms with Crippen LogP contribution < -0.4 is 0 Å². The summed E-state index contributed by atoms with van der Waals surface area (Å²) >= 11 is 0. The van der Waals surface area contributed by atoms with Crippen LogP contribution in [0.2, 0.25) is 0 Å². The van der Waals surface area contributed by atoms with Gasteiger partial charge in [-0.3, -0.25) is 0 Å². The minimum absolute atomic E-state index is 0.697. The van der Waals surface area contributed by atoms with Crippen molar-refractivity contribution in [2.45, 2.75) is 6.92 Å². The van der Waals surface area contributed by atoms with Crippen LogP contribution in [-0.2, 0) is 0 Å². The number of rotatable bonds is 4. The molecule has 0 aliphatic heterocycles. The van der Waals surface area contributed by atoms with Gasteiger partial charge in [-0.1, -0.05) is 79.4 Å². The molecular weight excluding hydrogens is 280 g/mol. The van der Waals surface area contributed by atoms with Gasteiger partial charge < -0.3 is 0 Å². The Balaban J connectivity index is 2.21. The van der Waals surface area contributed by atoms with Crippen molar-refractivity contribution in [3.05, 3.63) is 91.3 Å². The minimum atomic E-state index is 0.697. The van der Waals surface area contributed by atoms with Gasteiger partial charge in [-0.05, 0) is 13.0 Å². The summed E-state index contributed by atoms with van der Waals surface area (Å²) in [6.07, 6.45) is 3.77. The van der Waals surface area contributed by atoms with E-state index in [4.69, 9.17) is 9.97 Å². The molecule has 0 saturated heterocycles. The topological polar surface area (TPSA) is 25.8 Å². The maximum Gasteiger partial charge on any atom is 0.160 e. The van der Waals surface area contributed by atoms with Crippen LogP contribution in [0.25, 0.3) is 28.1 Å². The summed E-state index contributed by atoms with van der Waals surface area (Å²) in [5.41, 5.74) is 4.91. The van der Waals surface area contributed by atoms with Crippen LogP contribution in [0, 0.1) is 0 Å². The van der Waals surface area contributed by atoms with Crippen LogP contribution in [0.15, 0.2) is 85.5 Å². The molecule has 0 radical (unpaired) electrons. The number of aromatic nitrogens is 2. The van der Waals surface area contributed by atoms with E-state index >= 15 is 0 Å². The Hall–Kier alpha value is -3.00. The lowest BCUT2D eigenvalue weighted by molar-refractivity contribution is 1.13. The van der Waals surface area contributed by atoms with Crippen molar-refractivity contribution in [3.8, 4) is 22.5 Å². The highest BCUT2D eigenvalue weighted by molar-refractivity contribution is 5.74. The first-order valence-corrected chi connectivity index (χ1v) is 7.61. The fraction of sp³-hybridized carbons (Fsp3) is 0.0476. The molecule has 0 spiro atoms. The molecule has 0 amide bonds. The molecular formula is C21H18N2. The molecule has 2 aromatic carbocycles. The third-order valence-corrected chi connectivity index (χ3v) is 3.65. The molecule has 23 heavy (non-hydrogen) atoms. The van der Waals surface area contributed by atoms with Gasteiger partial charge in [0.25, 0.3) is 0 Å². The van der Waals surface area contributed by atoms with E-state index in [0.29, 0.717) is 5.82 Å². The van der Waals surface area contributed by atoms with Crippen molar-refractivity contribution in [1.29, 1.82) is 0 Å². The van der Waals surface area contributed by atoms with Crippen LogP contribution in [0.1, 0.15) is 12.7 Å². The summed E-state index contributed by atoms with van der Waals surface area (Å²) < 4.78 is 0. The van der Waals surface area contributed by atoms with Gasteiger partial charge in [0.2, 0.25) is 0 Å². The van der Waals surface area contributed by atoms with Crippen molar-refractivity contribution in [2.24, 2.45) is 0 Å². The highest BCUT2D eigenvalue weighted by Crippen LogP contribution is 2.25. The molecule has 0 fully saturated rings. The smallest absolute Gasteiger partial charge is 0.160 e. The molecule has 0 aliphatic rings. The van der Waals surface area contributed by atoms with Crippen molar-refractivity contribution in [3.63, 3.8) is 0 Å². The quantitative estimate of drug-likeness (QED) is 0.603. The van der Waals surface area contributed by atoms with Crippen LogP contribution in [0.4, 0.5) is 0 Å². The van der Waals surface area contributed by atoms with E-state index in [1.165, 1.54) is 0 Å². The lowest BCUT2D eigenvalue weighted by Gasteiger charge is -2.09. The lowest BCUT2D eigenvalue weighted by atomic mass is 10.1. The average molecular weight is 298 g/mol. The molecule has 1 aromatic heterocycles. The van der Waals surface area contributed by atoms with Crippen molar-refractivity contribution >= 4 is 5.57 Å². The first-order chi connectivity index (χ1) is 11.3. The fourth-order valence-electron chi connectivity index (χ4n) is 2.43. The van der Waals surface area contributed by atoms with E-state index in [-0.39, 0.29) is 0 Å². The predicted molar refractivity (Wildman–Crippen MR) is 96.8 cm³/mol. The molecule has 3 aromatic rings. The van der Waals surface area contributed by atoms with E-state index in [0.717, 1.165) is 28.1 Å². The van der Waals surface area contributed by atoms with Crippen molar-refractivity contribution in [1.82, 2.24) is 9.97 Å². The summed E-state index contributed by atoms with van der Waals surface area (Å²) in [5.74, 6) is 0.697. The standard InChI is InChI=1S/C21H18N2/c1-3-16(4-2)21-22-19(17-11-7-5-8-12-17)15-20(23-21)18-13-9-6-10-14-18/h3-15H,1H2,2H3/b16-4+. The third-order valence-electron chi connectivity index (χ3n) is 3.65. The molecule has 1 heterocycles. The Labute approximate surface area is 136 Å². The second-order valence-electron chi connectivity index (χ2n) is 5.14. The summed E-state index contributed by atoms with van der Waals surface area (Å²) in [4.78, 5) is 9.44. The SMILES string of the molecule is C=C/C(=C\C)c1nc(-c2ccccc2)cc(-c2ccccc2)n1. The zero-order chi connectivity index (χ0) is 16.1. The first-order valence-electron chi connectivity index (χ1n) is 7.61. The van der Waals surface area contributed by atoms with Gasteiger partial charge in [0.05, 0.1) is 11.4 Å². The van der Waals surface area contributed by atoms with Gasteiger partial charge in [0.1, 0.15) is 0 Å². The molecule has 0 unspecified atom stereocenters. The maximum absolute atomic E-state index is 4.72. The first kappa shape index (κ1) is 14.9. The third kappa shape index (κ3) is 3.27. The number of hydrogen-bond acceptors (Lipinski definition) is 2. The van der Waals surface area contributed by atoms with Gasteiger partial charge in [0, 0.05) is 16.7 Å². The Bertz CT molecular complexity index is 776. The lowest BCUT2D eigenvalue weighted by Crippen LogP contribution is -1.98. The molecule has 0 bridgehead atoms. The predicted octanol–water partition coefficient (Wildman–Crippen LogP) is 5.40. The van der Waals surface area contributed by atoms with Crippen LogP contribution >= 0.6 is 0 Å². The van der Waals surface area contributed by atoms with E-state index in [9.17, 15) is 0 Å². The van der Waals surface area contributed by atoms with E-state index in [1.807, 2.05) is 55.5 Å². The van der Waals surface area contributed by atoms with Gasteiger partial charge >= 0.3 is 0 Å². The van der Waals surface area contributed by atoms with Crippen molar-refractivity contribution < 1.29 is 0 Å². The maximum atomic E-state index is 4.72. The molecule has 0 aliphatic carbocycles. The summed E-state index contributed by atoms with van der Waals surface area (Å²) in [6.45, 7) is 5.83. The number of allylic oxidation sites excluding steroid dienone is 3.